The van der Waals surface area contributed by atoms with Gasteiger partial charge in [0.05, 0.1) is 30.9 Å². The molecule has 2 aliphatic rings. The second-order valence-electron chi connectivity index (χ2n) is 7.90. The zero-order valence-corrected chi connectivity index (χ0v) is 17.6. The SMILES string of the molecule is COc1ccc(N2CCN(C(=O)c3cnc4c(c3)ncn4C3CCOCC3)CC2)cn1. The Morgan fingerprint density at radius 1 is 1.06 bits per heavy atom. The maximum absolute atomic E-state index is 13.1. The molecule has 0 aliphatic carbocycles. The number of amides is 1. The molecule has 2 saturated heterocycles. The summed E-state index contributed by atoms with van der Waals surface area (Å²) in [6, 6.07) is 6.07. The van der Waals surface area contributed by atoms with Crippen molar-refractivity contribution in [2.75, 3.05) is 51.4 Å². The van der Waals surface area contributed by atoms with Crippen molar-refractivity contribution in [2.24, 2.45) is 0 Å². The number of imidazole rings is 1. The third kappa shape index (κ3) is 3.93. The van der Waals surface area contributed by atoms with Crippen LogP contribution in [0.5, 0.6) is 5.88 Å². The Bertz CT molecular complexity index is 1050. The summed E-state index contributed by atoms with van der Waals surface area (Å²) in [5.41, 5.74) is 3.22. The van der Waals surface area contributed by atoms with Crippen molar-refractivity contribution in [1.82, 2.24) is 24.4 Å². The summed E-state index contributed by atoms with van der Waals surface area (Å²) in [4.78, 5) is 30.6. The summed E-state index contributed by atoms with van der Waals surface area (Å²) >= 11 is 0. The molecule has 162 valence electrons. The monoisotopic (exact) mass is 422 g/mol. The summed E-state index contributed by atoms with van der Waals surface area (Å²) < 4.78 is 12.7. The lowest BCUT2D eigenvalue weighted by atomic mass is 10.1. The third-order valence-corrected chi connectivity index (χ3v) is 6.11. The number of methoxy groups -OCH3 is 1. The number of piperazine rings is 1. The van der Waals surface area contributed by atoms with Gasteiger partial charge in [-0.15, -0.1) is 0 Å². The van der Waals surface area contributed by atoms with Gasteiger partial charge < -0.3 is 23.8 Å². The van der Waals surface area contributed by atoms with Gasteiger partial charge in [-0.2, -0.15) is 0 Å². The smallest absolute Gasteiger partial charge is 0.255 e. The normalized spacial score (nSPS) is 17.8. The van der Waals surface area contributed by atoms with E-state index in [9.17, 15) is 4.79 Å². The first kappa shape index (κ1) is 19.7. The van der Waals surface area contributed by atoms with Gasteiger partial charge in [-0.25, -0.2) is 15.0 Å². The molecule has 1 amide bonds. The van der Waals surface area contributed by atoms with Crippen LogP contribution in [0, 0.1) is 0 Å². The van der Waals surface area contributed by atoms with Crippen LogP contribution in [0.4, 0.5) is 5.69 Å². The fourth-order valence-electron chi connectivity index (χ4n) is 4.30. The van der Waals surface area contributed by atoms with Crippen molar-refractivity contribution in [3.63, 3.8) is 0 Å². The third-order valence-electron chi connectivity index (χ3n) is 6.11. The molecule has 0 bridgehead atoms. The highest BCUT2D eigenvalue weighted by Gasteiger charge is 2.24. The number of hydrogen-bond acceptors (Lipinski definition) is 7. The molecule has 0 spiro atoms. The molecule has 5 rings (SSSR count). The number of hydrogen-bond donors (Lipinski definition) is 0. The van der Waals surface area contributed by atoms with E-state index in [-0.39, 0.29) is 5.91 Å². The predicted octanol–water partition coefficient (Wildman–Crippen LogP) is 2.15. The number of nitrogens with zero attached hydrogens (tertiary/aromatic N) is 6. The van der Waals surface area contributed by atoms with E-state index in [4.69, 9.17) is 9.47 Å². The molecule has 0 N–H and O–H groups in total. The zero-order chi connectivity index (χ0) is 21.2. The fraction of sp³-hybridized carbons (Fsp3) is 0.455. The van der Waals surface area contributed by atoms with Gasteiger partial charge in [-0.3, -0.25) is 4.79 Å². The van der Waals surface area contributed by atoms with Crippen molar-refractivity contribution in [3.8, 4) is 5.88 Å². The maximum atomic E-state index is 13.1. The summed E-state index contributed by atoms with van der Waals surface area (Å²) in [6.45, 7) is 4.35. The highest BCUT2D eigenvalue weighted by Crippen LogP contribution is 2.25. The molecular weight excluding hydrogens is 396 g/mol. The summed E-state index contributed by atoms with van der Waals surface area (Å²) in [6.07, 6.45) is 7.25. The van der Waals surface area contributed by atoms with Gasteiger partial charge in [-0.05, 0) is 25.0 Å². The van der Waals surface area contributed by atoms with Gasteiger partial charge in [0, 0.05) is 57.7 Å². The zero-order valence-electron chi connectivity index (χ0n) is 17.6. The minimum Gasteiger partial charge on any atom is -0.481 e. The molecule has 31 heavy (non-hydrogen) atoms. The summed E-state index contributed by atoms with van der Waals surface area (Å²) in [7, 11) is 1.61. The number of anilines is 1. The van der Waals surface area contributed by atoms with Gasteiger partial charge in [0.2, 0.25) is 5.88 Å². The number of rotatable bonds is 4. The largest absolute Gasteiger partial charge is 0.481 e. The van der Waals surface area contributed by atoms with Crippen LogP contribution in [-0.4, -0.2) is 76.8 Å². The Labute approximate surface area is 180 Å². The lowest BCUT2D eigenvalue weighted by Crippen LogP contribution is -2.48. The molecule has 0 aromatic carbocycles. The van der Waals surface area contributed by atoms with E-state index >= 15 is 0 Å². The molecule has 2 fully saturated rings. The lowest BCUT2D eigenvalue weighted by molar-refractivity contribution is 0.0704. The van der Waals surface area contributed by atoms with Gasteiger partial charge in [-0.1, -0.05) is 0 Å². The Morgan fingerprint density at radius 2 is 1.87 bits per heavy atom. The minimum absolute atomic E-state index is 0.00234. The molecule has 0 atom stereocenters. The minimum atomic E-state index is 0.00234. The van der Waals surface area contributed by atoms with Crippen molar-refractivity contribution in [3.05, 3.63) is 42.5 Å². The molecule has 5 heterocycles. The fourth-order valence-corrected chi connectivity index (χ4v) is 4.30. The second-order valence-corrected chi connectivity index (χ2v) is 7.90. The highest BCUT2D eigenvalue weighted by molar-refractivity contribution is 5.96. The van der Waals surface area contributed by atoms with Crippen molar-refractivity contribution >= 4 is 22.8 Å². The molecule has 9 heteroatoms. The number of aromatic nitrogens is 4. The van der Waals surface area contributed by atoms with E-state index in [0.717, 1.165) is 56.0 Å². The van der Waals surface area contributed by atoms with Crippen LogP contribution in [0.3, 0.4) is 0 Å². The Morgan fingerprint density at radius 3 is 2.58 bits per heavy atom. The highest BCUT2D eigenvalue weighted by atomic mass is 16.5. The van der Waals surface area contributed by atoms with Gasteiger partial charge in [0.15, 0.2) is 5.65 Å². The van der Waals surface area contributed by atoms with E-state index in [1.807, 2.05) is 35.6 Å². The molecule has 3 aromatic rings. The summed E-state index contributed by atoms with van der Waals surface area (Å²) in [5.74, 6) is 0.599. The predicted molar refractivity (Wildman–Crippen MR) is 116 cm³/mol. The van der Waals surface area contributed by atoms with Crippen LogP contribution in [0.25, 0.3) is 11.2 Å². The summed E-state index contributed by atoms with van der Waals surface area (Å²) in [5, 5.41) is 0. The first-order chi connectivity index (χ1) is 15.2. The molecular formula is C22H26N6O3. The van der Waals surface area contributed by atoms with Crippen molar-refractivity contribution < 1.29 is 14.3 Å². The van der Waals surface area contributed by atoms with E-state index in [1.165, 1.54) is 0 Å². The van der Waals surface area contributed by atoms with E-state index in [0.29, 0.717) is 30.6 Å². The molecule has 0 radical (unpaired) electrons. The first-order valence-electron chi connectivity index (χ1n) is 10.7. The van der Waals surface area contributed by atoms with Crippen molar-refractivity contribution in [1.29, 1.82) is 0 Å². The Hall–Kier alpha value is -3.20. The average Bonchev–Trinajstić information content (AvgIpc) is 3.28. The molecule has 3 aromatic heterocycles. The van der Waals surface area contributed by atoms with Crippen LogP contribution in [0.1, 0.15) is 29.2 Å². The van der Waals surface area contributed by atoms with Gasteiger partial charge in [0.1, 0.15) is 5.52 Å². The number of pyridine rings is 2. The topological polar surface area (TPSA) is 85.6 Å². The second kappa shape index (κ2) is 8.50. The number of carbonyl (C=O) groups excluding carboxylic acids is 1. The number of fused-ring (bicyclic) bond motifs is 1. The van der Waals surface area contributed by atoms with Crippen molar-refractivity contribution in [2.45, 2.75) is 18.9 Å². The number of carbonyl (C=O) groups is 1. The molecule has 9 nitrogen and oxygen atoms in total. The van der Waals surface area contributed by atoms with E-state index in [2.05, 4.69) is 24.4 Å². The first-order valence-corrected chi connectivity index (χ1v) is 10.7. The van der Waals surface area contributed by atoms with Crippen LogP contribution < -0.4 is 9.64 Å². The van der Waals surface area contributed by atoms with Gasteiger partial charge >= 0.3 is 0 Å². The molecule has 0 unspecified atom stereocenters. The van der Waals surface area contributed by atoms with Crippen LogP contribution >= 0.6 is 0 Å². The molecule has 2 aliphatic heterocycles. The Balaban J connectivity index is 1.26. The Kier molecular flexibility index (Phi) is 5.42. The number of ether oxygens (including phenoxy) is 2. The van der Waals surface area contributed by atoms with E-state index < -0.39 is 0 Å². The average molecular weight is 422 g/mol. The maximum Gasteiger partial charge on any atom is 0.255 e. The van der Waals surface area contributed by atoms with Crippen LogP contribution in [0.2, 0.25) is 0 Å². The standard InChI is InChI=1S/C22H26N6O3/c1-30-20-3-2-18(14-23-20)26-6-8-27(9-7-26)22(29)16-12-19-21(24-13-16)28(15-25-19)17-4-10-31-11-5-17/h2-3,12-15,17H,4-11H2,1H3. The van der Waals surface area contributed by atoms with E-state index in [1.54, 1.807) is 13.3 Å². The van der Waals surface area contributed by atoms with Crippen LogP contribution in [0.15, 0.2) is 36.9 Å². The van der Waals surface area contributed by atoms with Crippen LogP contribution in [-0.2, 0) is 4.74 Å². The molecule has 0 saturated carbocycles. The lowest BCUT2D eigenvalue weighted by Gasteiger charge is -2.36. The quantitative estimate of drug-likeness (QED) is 0.637. The van der Waals surface area contributed by atoms with Gasteiger partial charge in [0.25, 0.3) is 5.91 Å².